The minimum Gasteiger partial charge on any atom is -0.348 e. The van der Waals surface area contributed by atoms with Crippen molar-refractivity contribution in [3.63, 3.8) is 0 Å². The first kappa shape index (κ1) is 16.6. The van der Waals surface area contributed by atoms with Crippen molar-refractivity contribution in [3.8, 4) is 0 Å². The summed E-state index contributed by atoms with van der Waals surface area (Å²) in [6, 6.07) is -0.215. The Morgan fingerprint density at radius 1 is 1.22 bits per heavy atom. The lowest BCUT2D eigenvalue weighted by Crippen LogP contribution is -2.37. The van der Waals surface area contributed by atoms with Gasteiger partial charge in [0.25, 0.3) is 0 Å². The lowest BCUT2D eigenvalue weighted by molar-refractivity contribution is -0.0518. The van der Waals surface area contributed by atoms with Gasteiger partial charge in [0.15, 0.2) is 6.29 Å². The SMILES string of the molecule is CN(CC1OCCO1)C(=O)Nc1nnc(C2CCCCCC2)s1. The van der Waals surface area contributed by atoms with Crippen LogP contribution in [0.15, 0.2) is 0 Å². The van der Waals surface area contributed by atoms with Crippen LogP contribution in [0.2, 0.25) is 0 Å². The Kier molecular flexibility index (Phi) is 5.80. The minimum atomic E-state index is -0.332. The molecule has 0 radical (unpaired) electrons. The van der Waals surface area contributed by atoms with Crippen LogP contribution in [0.3, 0.4) is 0 Å². The molecule has 128 valence electrons. The normalized spacial score (nSPS) is 20.4. The summed E-state index contributed by atoms with van der Waals surface area (Å²) in [5.41, 5.74) is 0. The highest BCUT2D eigenvalue weighted by Gasteiger charge is 2.22. The van der Waals surface area contributed by atoms with E-state index in [9.17, 15) is 4.79 Å². The lowest BCUT2D eigenvalue weighted by atomic mass is 10.0. The van der Waals surface area contributed by atoms with E-state index in [2.05, 4.69) is 15.5 Å². The zero-order valence-electron chi connectivity index (χ0n) is 13.5. The van der Waals surface area contributed by atoms with E-state index in [1.807, 2.05) is 0 Å². The highest BCUT2D eigenvalue weighted by atomic mass is 32.1. The Balaban J connectivity index is 1.52. The van der Waals surface area contributed by atoms with Crippen molar-refractivity contribution in [1.29, 1.82) is 0 Å². The molecule has 0 spiro atoms. The molecule has 0 unspecified atom stereocenters. The number of carbonyl (C=O) groups excluding carboxylic acids is 1. The molecule has 0 aromatic carbocycles. The Hall–Kier alpha value is -1.25. The highest BCUT2D eigenvalue weighted by molar-refractivity contribution is 7.15. The molecule has 3 rings (SSSR count). The molecular weight excluding hydrogens is 316 g/mol. The Morgan fingerprint density at radius 2 is 1.91 bits per heavy atom. The van der Waals surface area contributed by atoms with E-state index in [1.54, 1.807) is 11.9 Å². The molecule has 2 amide bonds. The third-order valence-corrected chi connectivity index (χ3v) is 5.32. The summed E-state index contributed by atoms with van der Waals surface area (Å²) < 4.78 is 10.7. The zero-order chi connectivity index (χ0) is 16.1. The molecule has 1 aliphatic heterocycles. The molecule has 1 saturated carbocycles. The van der Waals surface area contributed by atoms with E-state index >= 15 is 0 Å². The first-order chi connectivity index (χ1) is 11.2. The highest BCUT2D eigenvalue weighted by Crippen LogP contribution is 2.34. The number of hydrogen-bond acceptors (Lipinski definition) is 6. The van der Waals surface area contributed by atoms with Gasteiger partial charge in [0, 0.05) is 13.0 Å². The van der Waals surface area contributed by atoms with Gasteiger partial charge < -0.3 is 14.4 Å². The maximum absolute atomic E-state index is 12.2. The fourth-order valence-corrected chi connectivity index (χ4v) is 3.88. The largest absolute Gasteiger partial charge is 0.348 e. The fourth-order valence-electron chi connectivity index (χ4n) is 2.98. The van der Waals surface area contributed by atoms with Gasteiger partial charge in [-0.05, 0) is 12.8 Å². The molecule has 1 aromatic heterocycles. The first-order valence-corrected chi connectivity index (χ1v) is 9.13. The van der Waals surface area contributed by atoms with Gasteiger partial charge in [-0.25, -0.2) is 4.79 Å². The second-order valence-electron chi connectivity index (χ2n) is 6.12. The molecule has 1 aromatic rings. The average molecular weight is 340 g/mol. The van der Waals surface area contributed by atoms with Gasteiger partial charge in [-0.1, -0.05) is 37.0 Å². The Morgan fingerprint density at radius 3 is 2.61 bits per heavy atom. The molecule has 2 heterocycles. The number of urea groups is 1. The number of amides is 2. The lowest BCUT2D eigenvalue weighted by Gasteiger charge is -2.19. The van der Waals surface area contributed by atoms with Crippen LogP contribution in [-0.2, 0) is 9.47 Å². The van der Waals surface area contributed by atoms with Crippen molar-refractivity contribution in [2.45, 2.75) is 50.7 Å². The predicted molar refractivity (Wildman–Crippen MR) is 87.7 cm³/mol. The van der Waals surface area contributed by atoms with Crippen molar-refractivity contribution < 1.29 is 14.3 Å². The maximum atomic E-state index is 12.2. The third-order valence-electron chi connectivity index (χ3n) is 4.32. The molecule has 7 nitrogen and oxygen atoms in total. The molecule has 1 saturated heterocycles. The summed E-state index contributed by atoms with van der Waals surface area (Å²) in [6.07, 6.45) is 7.18. The topological polar surface area (TPSA) is 76.6 Å². The van der Waals surface area contributed by atoms with E-state index in [-0.39, 0.29) is 12.3 Å². The van der Waals surface area contributed by atoms with E-state index in [0.29, 0.717) is 30.8 Å². The van der Waals surface area contributed by atoms with Crippen LogP contribution in [0.5, 0.6) is 0 Å². The smallest absolute Gasteiger partial charge is 0.323 e. The summed E-state index contributed by atoms with van der Waals surface area (Å²) in [6.45, 7) is 1.57. The second-order valence-corrected chi connectivity index (χ2v) is 7.12. The monoisotopic (exact) mass is 340 g/mol. The molecule has 1 aliphatic carbocycles. The summed E-state index contributed by atoms with van der Waals surface area (Å²) >= 11 is 1.49. The average Bonchev–Trinajstić information content (AvgIpc) is 3.14. The van der Waals surface area contributed by atoms with E-state index in [0.717, 1.165) is 5.01 Å². The fraction of sp³-hybridized carbons (Fsp3) is 0.800. The number of hydrogen-bond donors (Lipinski definition) is 1. The number of anilines is 1. The van der Waals surface area contributed by atoms with Crippen LogP contribution in [-0.4, -0.2) is 54.2 Å². The van der Waals surface area contributed by atoms with Crippen LogP contribution < -0.4 is 5.32 Å². The van der Waals surface area contributed by atoms with Crippen LogP contribution >= 0.6 is 11.3 Å². The molecule has 23 heavy (non-hydrogen) atoms. The van der Waals surface area contributed by atoms with Crippen LogP contribution in [0.25, 0.3) is 0 Å². The number of nitrogens with zero attached hydrogens (tertiary/aromatic N) is 3. The molecule has 1 N–H and O–H groups in total. The second kappa shape index (κ2) is 8.03. The predicted octanol–water partition coefficient (Wildman–Crippen LogP) is 2.81. The number of aromatic nitrogens is 2. The van der Waals surface area contributed by atoms with Gasteiger partial charge in [-0.2, -0.15) is 0 Å². The minimum absolute atomic E-state index is 0.215. The van der Waals surface area contributed by atoms with Crippen molar-refractivity contribution >= 4 is 22.5 Å². The van der Waals surface area contributed by atoms with Gasteiger partial charge in [0.1, 0.15) is 5.01 Å². The van der Waals surface area contributed by atoms with Crippen molar-refractivity contribution in [3.05, 3.63) is 5.01 Å². The molecular formula is C15H24N4O3S. The number of ether oxygens (including phenoxy) is 2. The molecule has 0 bridgehead atoms. The van der Waals surface area contributed by atoms with Gasteiger partial charge in [0.2, 0.25) is 5.13 Å². The van der Waals surface area contributed by atoms with Gasteiger partial charge >= 0.3 is 6.03 Å². The van der Waals surface area contributed by atoms with Crippen molar-refractivity contribution in [1.82, 2.24) is 15.1 Å². The zero-order valence-corrected chi connectivity index (χ0v) is 14.3. The molecule has 2 fully saturated rings. The quantitative estimate of drug-likeness (QED) is 0.853. The van der Waals surface area contributed by atoms with Gasteiger partial charge in [-0.3, -0.25) is 5.32 Å². The Bertz CT molecular complexity index is 511. The van der Waals surface area contributed by atoms with Crippen LogP contribution in [0.4, 0.5) is 9.93 Å². The maximum Gasteiger partial charge on any atom is 0.323 e. The molecule has 2 aliphatic rings. The van der Waals surface area contributed by atoms with Crippen molar-refractivity contribution in [2.24, 2.45) is 0 Å². The molecule has 8 heteroatoms. The summed E-state index contributed by atoms with van der Waals surface area (Å²) in [5.74, 6) is 0.499. The van der Waals surface area contributed by atoms with Crippen molar-refractivity contribution in [2.75, 3.05) is 32.1 Å². The van der Waals surface area contributed by atoms with Gasteiger partial charge in [0.05, 0.1) is 19.8 Å². The van der Waals surface area contributed by atoms with Gasteiger partial charge in [-0.15, -0.1) is 10.2 Å². The number of likely N-dealkylation sites (N-methyl/N-ethyl adjacent to an activating group) is 1. The summed E-state index contributed by atoms with van der Waals surface area (Å²) in [7, 11) is 1.72. The summed E-state index contributed by atoms with van der Waals surface area (Å²) in [5, 5.41) is 12.8. The molecule has 0 atom stereocenters. The summed E-state index contributed by atoms with van der Waals surface area (Å²) in [4.78, 5) is 13.7. The van der Waals surface area contributed by atoms with E-state index in [4.69, 9.17) is 9.47 Å². The third kappa shape index (κ3) is 4.62. The van der Waals surface area contributed by atoms with Crippen LogP contribution in [0.1, 0.15) is 49.5 Å². The van der Waals surface area contributed by atoms with E-state index in [1.165, 1.54) is 49.9 Å². The van der Waals surface area contributed by atoms with E-state index < -0.39 is 0 Å². The number of carbonyl (C=O) groups is 1. The van der Waals surface area contributed by atoms with Crippen LogP contribution in [0, 0.1) is 0 Å². The standard InChI is InChI=1S/C15H24N4O3S/c1-19(10-12-21-8-9-22-12)15(20)16-14-18-17-13(23-14)11-6-4-2-3-5-7-11/h11-12H,2-10H2,1H3,(H,16,18,20). The number of nitrogens with one attached hydrogen (secondary N) is 1. The number of rotatable bonds is 4. The Labute approximate surface area is 140 Å². The first-order valence-electron chi connectivity index (χ1n) is 8.31.